The largest absolute Gasteiger partial charge is 0.482 e. The molecule has 0 aromatic heterocycles. The maximum atomic E-state index is 6.16. The first-order valence-electron chi connectivity index (χ1n) is 7.55. The Labute approximate surface area is 127 Å². The van der Waals surface area contributed by atoms with Crippen molar-refractivity contribution in [3.63, 3.8) is 0 Å². The lowest BCUT2D eigenvalue weighted by molar-refractivity contribution is 0.210. The van der Waals surface area contributed by atoms with Crippen LogP contribution in [0.2, 0.25) is 0 Å². The van der Waals surface area contributed by atoms with E-state index in [4.69, 9.17) is 4.74 Å². The van der Waals surface area contributed by atoms with E-state index in [1.807, 2.05) is 0 Å². The molecule has 1 unspecified atom stereocenters. The van der Waals surface area contributed by atoms with Crippen molar-refractivity contribution >= 4 is 5.69 Å². The van der Waals surface area contributed by atoms with Gasteiger partial charge in [0.2, 0.25) is 0 Å². The molecule has 1 N–H and O–H groups in total. The molecular formula is C19H23NO. The summed E-state index contributed by atoms with van der Waals surface area (Å²) in [5.41, 5.74) is 5.07. The number of hydrogen-bond acceptors (Lipinski definition) is 2. The second-order valence-electron chi connectivity index (χ2n) is 6.86. The van der Waals surface area contributed by atoms with Crippen molar-refractivity contribution in [2.45, 2.75) is 39.2 Å². The fourth-order valence-electron chi connectivity index (χ4n) is 2.65. The van der Waals surface area contributed by atoms with Crippen LogP contribution >= 0.6 is 0 Å². The fourth-order valence-corrected chi connectivity index (χ4v) is 2.65. The Bertz CT molecular complexity index is 638. The number of hydrogen-bond donors (Lipinski definition) is 1. The topological polar surface area (TPSA) is 21.3 Å². The standard InChI is InChI=1S/C19H23NO/c1-13-5-10-16-17(11-13)21-18(12-20-16)14-6-8-15(9-7-14)19(2,3)4/h5-11,18,20H,12H2,1-4H3. The molecule has 0 aliphatic carbocycles. The van der Waals surface area contributed by atoms with Gasteiger partial charge in [0, 0.05) is 0 Å². The summed E-state index contributed by atoms with van der Waals surface area (Å²) >= 11 is 0. The molecule has 2 aromatic rings. The second-order valence-corrected chi connectivity index (χ2v) is 6.86. The van der Waals surface area contributed by atoms with Crippen LogP contribution in [-0.2, 0) is 5.41 Å². The van der Waals surface area contributed by atoms with Crippen molar-refractivity contribution in [2.75, 3.05) is 11.9 Å². The number of fused-ring (bicyclic) bond motifs is 1. The van der Waals surface area contributed by atoms with Crippen LogP contribution in [0.1, 0.15) is 43.6 Å². The molecule has 1 atom stereocenters. The maximum Gasteiger partial charge on any atom is 0.143 e. The zero-order valence-corrected chi connectivity index (χ0v) is 13.2. The molecule has 1 aliphatic heterocycles. The predicted molar refractivity (Wildman–Crippen MR) is 88.2 cm³/mol. The summed E-state index contributed by atoms with van der Waals surface area (Å²) in [4.78, 5) is 0. The smallest absolute Gasteiger partial charge is 0.143 e. The molecule has 2 nitrogen and oxygen atoms in total. The Morgan fingerprint density at radius 2 is 1.76 bits per heavy atom. The zero-order chi connectivity index (χ0) is 15.0. The number of ether oxygens (including phenoxy) is 1. The van der Waals surface area contributed by atoms with Gasteiger partial charge in [0.05, 0.1) is 12.2 Å². The Balaban J connectivity index is 1.83. The number of nitrogens with one attached hydrogen (secondary N) is 1. The number of benzene rings is 2. The number of anilines is 1. The molecule has 1 heterocycles. The monoisotopic (exact) mass is 281 g/mol. The molecule has 21 heavy (non-hydrogen) atoms. The highest BCUT2D eigenvalue weighted by Gasteiger charge is 2.21. The molecule has 3 rings (SSSR count). The van der Waals surface area contributed by atoms with Gasteiger partial charge in [-0.05, 0) is 41.2 Å². The quantitative estimate of drug-likeness (QED) is 0.807. The van der Waals surface area contributed by atoms with Gasteiger partial charge in [0.15, 0.2) is 0 Å². The van der Waals surface area contributed by atoms with Crippen molar-refractivity contribution in [3.05, 3.63) is 59.2 Å². The van der Waals surface area contributed by atoms with Crippen molar-refractivity contribution in [3.8, 4) is 5.75 Å². The first-order chi connectivity index (χ1) is 9.93. The lowest BCUT2D eigenvalue weighted by Gasteiger charge is -2.28. The summed E-state index contributed by atoms with van der Waals surface area (Å²) in [5, 5.41) is 3.46. The van der Waals surface area contributed by atoms with Gasteiger partial charge in [0.25, 0.3) is 0 Å². The van der Waals surface area contributed by atoms with Crippen LogP contribution < -0.4 is 10.1 Å². The van der Waals surface area contributed by atoms with Crippen LogP contribution in [0.15, 0.2) is 42.5 Å². The third kappa shape index (κ3) is 2.90. The van der Waals surface area contributed by atoms with Gasteiger partial charge in [0.1, 0.15) is 11.9 Å². The SMILES string of the molecule is Cc1ccc2c(c1)OC(c1ccc(C(C)(C)C)cc1)CN2. The highest BCUT2D eigenvalue weighted by Crippen LogP contribution is 2.35. The molecule has 0 bridgehead atoms. The van der Waals surface area contributed by atoms with Gasteiger partial charge in [-0.25, -0.2) is 0 Å². The predicted octanol–water partition coefficient (Wildman–Crippen LogP) is 4.84. The summed E-state index contributed by atoms with van der Waals surface area (Å²) in [5.74, 6) is 0.950. The first-order valence-corrected chi connectivity index (χ1v) is 7.55. The third-order valence-corrected chi connectivity index (χ3v) is 4.03. The average molecular weight is 281 g/mol. The van der Waals surface area contributed by atoms with E-state index >= 15 is 0 Å². The Hall–Kier alpha value is -1.96. The summed E-state index contributed by atoms with van der Waals surface area (Å²) in [6, 6.07) is 15.1. The molecule has 0 saturated carbocycles. The molecule has 2 aromatic carbocycles. The molecule has 0 fully saturated rings. The highest BCUT2D eigenvalue weighted by atomic mass is 16.5. The zero-order valence-electron chi connectivity index (χ0n) is 13.2. The van der Waals surface area contributed by atoms with Gasteiger partial charge in [-0.15, -0.1) is 0 Å². The molecule has 0 amide bonds. The third-order valence-electron chi connectivity index (χ3n) is 4.03. The van der Waals surface area contributed by atoms with Crippen LogP contribution in [-0.4, -0.2) is 6.54 Å². The molecule has 0 spiro atoms. The van der Waals surface area contributed by atoms with Crippen molar-refractivity contribution < 1.29 is 4.74 Å². The van der Waals surface area contributed by atoms with Crippen LogP contribution in [0.25, 0.3) is 0 Å². The van der Waals surface area contributed by atoms with E-state index in [1.165, 1.54) is 16.7 Å². The van der Waals surface area contributed by atoms with Gasteiger partial charge in [-0.1, -0.05) is 51.1 Å². The molecule has 110 valence electrons. The van der Waals surface area contributed by atoms with Crippen molar-refractivity contribution in [2.24, 2.45) is 0 Å². The Morgan fingerprint density at radius 3 is 2.43 bits per heavy atom. The highest BCUT2D eigenvalue weighted by molar-refractivity contribution is 5.59. The molecule has 0 radical (unpaired) electrons. The van der Waals surface area contributed by atoms with Crippen LogP contribution in [0.3, 0.4) is 0 Å². The molecular weight excluding hydrogens is 258 g/mol. The van der Waals surface area contributed by atoms with E-state index in [0.717, 1.165) is 18.0 Å². The van der Waals surface area contributed by atoms with E-state index in [2.05, 4.69) is 75.5 Å². The summed E-state index contributed by atoms with van der Waals surface area (Å²) in [6.07, 6.45) is 0.0771. The summed E-state index contributed by atoms with van der Waals surface area (Å²) < 4.78 is 6.16. The van der Waals surface area contributed by atoms with E-state index in [9.17, 15) is 0 Å². The van der Waals surface area contributed by atoms with Crippen LogP contribution in [0.4, 0.5) is 5.69 Å². The summed E-state index contributed by atoms with van der Waals surface area (Å²) in [6.45, 7) is 9.61. The fraction of sp³-hybridized carbons (Fsp3) is 0.368. The first kappa shape index (κ1) is 14.0. The Morgan fingerprint density at radius 1 is 1.05 bits per heavy atom. The summed E-state index contributed by atoms with van der Waals surface area (Å²) in [7, 11) is 0. The van der Waals surface area contributed by atoms with Crippen LogP contribution in [0.5, 0.6) is 5.75 Å². The van der Waals surface area contributed by atoms with E-state index in [0.29, 0.717) is 0 Å². The second kappa shape index (κ2) is 5.10. The van der Waals surface area contributed by atoms with Gasteiger partial charge in [-0.2, -0.15) is 0 Å². The molecule has 0 saturated heterocycles. The number of aryl methyl sites for hydroxylation is 1. The lowest BCUT2D eigenvalue weighted by Crippen LogP contribution is -2.23. The Kier molecular flexibility index (Phi) is 3.40. The minimum absolute atomic E-state index is 0.0771. The minimum Gasteiger partial charge on any atom is -0.482 e. The normalized spacial score (nSPS) is 17.6. The van der Waals surface area contributed by atoms with E-state index in [-0.39, 0.29) is 11.5 Å². The van der Waals surface area contributed by atoms with Gasteiger partial charge >= 0.3 is 0 Å². The van der Waals surface area contributed by atoms with E-state index in [1.54, 1.807) is 0 Å². The molecule has 2 heteroatoms. The van der Waals surface area contributed by atoms with E-state index < -0.39 is 0 Å². The van der Waals surface area contributed by atoms with Crippen molar-refractivity contribution in [1.29, 1.82) is 0 Å². The lowest BCUT2D eigenvalue weighted by atomic mass is 9.86. The van der Waals surface area contributed by atoms with Gasteiger partial charge < -0.3 is 10.1 Å². The molecule has 1 aliphatic rings. The maximum absolute atomic E-state index is 6.16. The van der Waals surface area contributed by atoms with Crippen LogP contribution in [0, 0.1) is 6.92 Å². The van der Waals surface area contributed by atoms with Gasteiger partial charge in [-0.3, -0.25) is 0 Å². The average Bonchev–Trinajstić information content (AvgIpc) is 2.45. The minimum atomic E-state index is 0.0771. The number of rotatable bonds is 1. The van der Waals surface area contributed by atoms with Crippen molar-refractivity contribution in [1.82, 2.24) is 0 Å².